The number of hydrogen-bond acceptors (Lipinski definition) is 7. The van der Waals surface area contributed by atoms with Gasteiger partial charge in [-0.25, -0.2) is 9.59 Å². The number of para-hydroxylation sites is 1. The van der Waals surface area contributed by atoms with Crippen molar-refractivity contribution in [1.82, 2.24) is 20.0 Å². The molecule has 0 radical (unpaired) electrons. The van der Waals surface area contributed by atoms with Crippen molar-refractivity contribution in [2.24, 2.45) is 5.73 Å². The van der Waals surface area contributed by atoms with E-state index in [0.29, 0.717) is 0 Å². The highest BCUT2D eigenvalue weighted by atomic mass is 16.5. The average molecular weight is 439 g/mol. The number of carbonyl (C=O) groups is 3. The summed E-state index contributed by atoms with van der Waals surface area (Å²) in [7, 11) is 0. The third kappa shape index (κ3) is 4.64. The Bertz CT molecular complexity index is 1040. The number of aromatic nitrogens is 2. The van der Waals surface area contributed by atoms with Gasteiger partial charge in [-0.1, -0.05) is 18.2 Å². The maximum Gasteiger partial charge on any atom is 0.328 e. The summed E-state index contributed by atoms with van der Waals surface area (Å²) in [5, 5.41) is 19.5. The van der Waals surface area contributed by atoms with Crippen molar-refractivity contribution >= 4 is 29.4 Å². The molecule has 1 aliphatic rings. The lowest BCUT2D eigenvalue weighted by Crippen LogP contribution is -2.66. The van der Waals surface area contributed by atoms with Crippen LogP contribution in [0.3, 0.4) is 0 Å². The molecule has 1 fully saturated rings. The number of rotatable bonds is 8. The van der Waals surface area contributed by atoms with Gasteiger partial charge in [-0.3, -0.25) is 9.48 Å². The fourth-order valence-corrected chi connectivity index (χ4v) is 3.44. The summed E-state index contributed by atoms with van der Waals surface area (Å²) >= 11 is 0. The number of amides is 3. The van der Waals surface area contributed by atoms with E-state index >= 15 is 0 Å². The molecule has 3 rings (SSSR count). The summed E-state index contributed by atoms with van der Waals surface area (Å²) in [5.41, 5.74) is 5.60. The highest BCUT2D eigenvalue weighted by Crippen LogP contribution is 2.34. The van der Waals surface area contributed by atoms with E-state index < -0.39 is 29.5 Å². The number of hydrogen-bond donors (Lipinski definition) is 3. The molecule has 3 amide bonds. The molecule has 2 heterocycles. The maximum absolute atomic E-state index is 12.5. The van der Waals surface area contributed by atoms with Gasteiger partial charge in [-0.2, -0.15) is 10.4 Å². The zero-order chi connectivity index (χ0) is 23.3. The van der Waals surface area contributed by atoms with E-state index in [-0.39, 0.29) is 37.5 Å². The van der Waals surface area contributed by atoms with Gasteiger partial charge in [0.25, 0.3) is 5.91 Å². The first-order chi connectivity index (χ1) is 15.3. The van der Waals surface area contributed by atoms with Gasteiger partial charge in [0.05, 0.1) is 32.2 Å². The molecule has 1 aliphatic heterocycles. The SMILES string of the molecule is CCOC(=O)[C@H](C)NC(=O)N1CC(CC#N)(n2cc(C(N)=O)c(Nc3ccccc3)n2)C1. The summed E-state index contributed by atoms with van der Waals surface area (Å²) in [6.45, 7) is 3.78. The molecular weight excluding hydrogens is 414 g/mol. The van der Waals surface area contributed by atoms with Crippen LogP contribution in [0.5, 0.6) is 0 Å². The minimum Gasteiger partial charge on any atom is -0.464 e. The average Bonchev–Trinajstić information content (AvgIpc) is 3.15. The van der Waals surface area contributed by atoms with Crippen LogP contribution in [0.25, 0.3) is 0 Å². The number of likely N-dealkylation sites (tertiary alicyclic amines) is 1. The van der Waals surface area contributed by atoms with E-state index in [1.54, 1.807) is 6.92 Å². The quantitative estimate of drug-likeness (QED) is 0.524. The number of urea groups is 1. The summed E-state index contributed by atoms with van der Waals surface area (Å²) in [5.74, 6) is -0.932. The number of nitrogens with zero attached hydrogens (tertiary/aromatic N) is 4. The van der Waals surface area contributed by atoms with Crippen LogP contribution >= 0.6 is 0 Å². The standard InChI is InChI=1S/C21H25N7O4/c1-3-32-19(30)14(2)24-20(31)27-12-21(13-27,9-10-22)28-11-16(17(23)29)18(26-28)25-15-7-5-4-6-8-15/h4-8,11,14H,3,9,12-13H2,1-2H3,(H2,23,29)(H,24,31)(H,25,26)/t14-/m0/s1. The van der Waals surface area contributed by atoms with Gasteiger partial charge < -0.3 is 26.0 Å². The van der Waals surface area contributed by atoms with Crippen LogP contribution in [-0.4, -0.2) is 58.3 Å². The van der Waals surface area contributed by atoms with Crippen molar-refractivity contribution < 1.29 is 19.1 Å². The van der Waals surface area contributed by atoms with E-state index in [1.807, 2.05) is 30.3 Å². The highest BCUT2D eigenvalue weighted by Gasteiger charge is 2.48. The summed E-state index contributed by atoms with van der Waals surface area (Å²) < 4.78 is 6.41. The third-order valence-electron chi connectivity index (χ3n) is 5.15. The second kappa shape index (κ2) is 9.38. The Labute approximate surface area is 185 Å². The molecule has 11 nitrogen and oxygen atoms in total. The molecule has 4 N–H and O–H groups in total. The Morgan fingerprint density at radius 1 is 1.31 bits per heavy atom. The smallest absolute Gasteiger partial charge is 0.328 e. The van der Waals surface area contributed by atoms with Crippen LogP contribution in [0.15, 0.2) is 36.5 Å². The predicted octanol–water partition coefficient (Wildman–Crippen LogP) is 1.31. The molecule has 0 saturated carbocycles. The van der Waals surface area contributed by atoms with Crippen LogP contribution in [0.2, 0.25) is 0 Å². The molecule has 2 aromatic rings. The summed E-state index contributed by atoms with van der Waals surface area (Å²) in [4.78, 5) is 37.7. The van der Waals surface area contributed by atoms with Gasteiger partial charge in [0.15, 0.2) is 5.82 Å². The largest absolute Gasteiger partial charge is 0.464 e. The van der Waals surface area contributed by atoms with Gasteiger partial charge in [0.1, 0.15) is 17.1 Å². The maximum atomic E-state index is 12.5. The van der Waals surface area contributed by atoms with E-state index in [0.717, 1.165) is 5.69 Å². The Morgan fingerprint density at radius 2 is 2.00 bits per heavy atom. The van der Waals surface area contributed by atoms with Crippen LogP contribution < -0.4 is 16.4 Å². The lowest BCUT2D eigenvalue weighted by Gasteiger charge is -2.48. The molecule has 1 atom stereocenters. The number of primary amides is 1. The molecule has 1 aromatic carbocycles. The first-order valence-electron chi connectivity index (χ1n) is 10.1. The number of esters is 1. The Hall–Kier alpha value is -4.07. The number of nitriles is 1. The minimum atomic E-state index is -0.819. The van der Waals surface area contributed by atoms with E-state index in [9.17, 15) is 19.6 Å². The first kappa shape index (κ1) is 22.6. The van der Waals surface area contributed by atoms with E-state index in [4.69, 9.17) is 10.5 Å². The number of carbonyl (C=O) groups excluding carboxylic acids is 3. The number of anilines is 2. The first-order valence-corrected chi connectivity index (χ1v) is 10.1. The van der Waals surface area contributed by atoms with Crippen molar-refractivity contribution in [2.45, 2.75) is 31.8 Å². The lowest BCUT2D eigenvalue weighted by atomic mass is 9.87. The minimum absolute atomic E-state index is 0.0644. The number of nitrogens with two attached hydrogens (primary N) is 1. The third-order valence-corrected chi connectivity index (χ3v) is 5.15. The highest BCUT2D eigenvalue weighted by molar-refractivity contribution is 5.98. The fourth-order valence-electron chi connectivity index (χ4n) is 3.44. The van der Waals surface area contributed by atoms with Gasteiger partial charge in [0, 0.05) is 11.9 Å². The van der Waals surface area contributed by atoms with Crippen molar-refractivity contribution in [2.75, 3.05) is 25.0 Å². The predicted molar refractivity (Wildman–Crippen MR) is 115 cm³/mol. The van der Waals surface area contributed by atoms with Crippen LogP contribution in [0.4, 0.5) is 16.3 Å². The number of ether oxygens (including phenoxy) is 1. The molecule has 1 aromatic heterocycles. The molecule has 11 heteroatoms. The number of nitrogens with one attached hydrogen (secondary N) is 2. The van der Waals surface area contributed by atoms with Gasteiger partial charge >= 0.3 is 12.0 Å². The zero-order valence-corrected chi connectivity index (χ0v) is 17.9. The summed E-state index contributed by atoms with van der Waals surface area (Å²) in [6, 6.07) is 10.0. The second-order valence-corrected chi connectivity index (χ2v) is 7.53. The van der Waals surface area contributed by atoms with E-state index in [2.05, 4.69) is 21.8 Å². The molecule has 0 aliphatic carbocycles. The molecule has 32 heavy (non-hydrogen) atoms. The monoisotopic (exact) mass is 439 g/mol. The molecule has 0 spiro atoms. The molecule has 0 unspecified atom stereocenters. The van der Waals surface area contributed by atoms with E-state index in [1.165, 1.54) is 22.7 Å². The normalized spacial score (nSPS) is 15.1. The van der Waals surface area contributed by atoms with Gasteiger partial charge in [-0.15, -0.1) is 0 Å². The van der Waals surface area contributed by atoms with Crippen LogP contribution in [-0.2, 0) is 15.1 Å². The van der Waals surface area contributed by atoms with Gasteiger partial charge in [0.2, 0.25) is 0 Å². The van der Waals surface area contributed by atoms with Gasteiger partial charge in [-0.05, 0) is 26.0 Å². The molecule has 0 bridgehead atoms. The van der Waals surface area contributed by atoms with Crippen molar-refractivity contribution in [3.63, 3.8) is 0 Å². The van der Waals surface area contributed by atoms with Crippen LogP contribution in [0, 0.1) is 11.3 Å². The Balaban J connectivity index is 1.77. The lowest BCUT2D eigenvalue weighted by molar-refractivity contribution is -0.145. The van der Waals surface area contributed by atoms with Crippen molar-refractivity contribution in [3.8, 4) is 6.07 Å². The second-order valence-electron chi connectivity index (χ2n) is 7.53. The number of benzene rings is 1. The van der Waals surface area contributed by atoms with Crippen molar-refractivity contribution in [3.05, 3.63) is 42.1 Å². The molecular formula is C21H25N7O4. The Kier molecular flexibility index (Phi) is 6.63. The zero-order valence-electron chi connectivity index (χ0n) is 17.9. The summed E-state index contributed by atoms with van der Waals surface area (Å²) in [6.07, 6.45) is 1.55. The molecule has 168 valence electrons. The fraction of sp³-hybridized carbons (Fsp3) is 0.381. The van der Waals surface area contributed by atoms with Crippen LogP contribution in [0.1, 0.15) is 30.6 Å². The molecule has 1 saturated heterocycles. The Morgan fingerprint density at radius 3 is 2.59 bits per heavy atom. The topological polar surface area (TPSA) is 155 Å². The van der Waals surface area contributed by atoms with Crippen molar-refractivity contribution in [1.29, 1.82) is 5.26 Å².